The van der Waals surface area contributed by atoms with Gasteiger partial charge in [-0.3, -0.25) is 9.59 Å². The Morgan fingerprint density at radius 3 is 2.82 bits per heavy atom. The van der Waals surface area contributed by atoms with Gasteiger partial charge < -0.3 is 19.0 Å². The third-order valence-corrected chi connectivity index (χ3v) is 6.89. The predicted molar refractivity (Wildman–Crippen MR) is 130 cm³/mol. The van der Waals surface area contributed by atoms with Crippen molar-refractivity contribution in [1.82, 2.24) is 4.98 Å². The van der Waals surface area contributed by atoms with Crippen LogP contribution in [-0.2, 0) is 9.53 Å². The van der Waals surface area contributed by atoms with E-state index < -0.39 is 5.97 Å². The molecule has 34 heavy (non-hydrogen) atoms. The number of carboxylic acids is 1. The maximum absolute atomic E-state index is 12.7. The number of benzene rings is 2. The van der Waals surface area contributed by atoms with E-state index in [2.05, 4.69) is 4.98 Å². The summed E-state index contributed by atoms with van der Waals surface area (Å²) in [5.41, 5.74) is 1.60. The molecule has 0 radical (unpaired) electrons. The molecule has 2 aromatic heterocycles. The molecule has 1 fully saturated rings. The van der Waals surface area contributed by atoms with E-state index in [-0.39, 0.29) is 24.1 Å². The molecule has 9 heteroatoms. The highest BCUT2D eigenvalue weighted by Crippen LogP contribution is 2.36. The van der Waals surface area contributed by atoms with Crippen LogP contribution in [-0.4, -0.2) is 35.4 Å². The van der Waals surface area contributed by atoms with Crippen molar-refractivity contribution in [2.45, 2.75) is 18.9 Å². The molecule has 2 heterocycles. The van der Waals surface area contributed by atoms with Gasteiger partial charge in [0.2, 0.25) is 0 Å². The number of aromatic nitrogens is 1. The minimum absolute atomic E-state index is 0.0634. The number of aliphatic carboxylic acids is 1. The Balaban J connectivity index is 1.41. The van der Waals surface area contributed by atoms with E-state index in [1.54, 1.807) is 24.4 Å². The van der Waals surface area contributed by atoms with Crippen molar-refractivity contribution in [2.75, 3.05) is 13.2 Å². The molecule has 0 unspecified atom stereocenters. The molecule has 1 aliphatic rings. The second-order valence-corrected chi connectivity index (χ2v) is 9.29. The first-order valence-electron chi connectivity index (χ1n) is 10.7. The zero-order valence-corrected chi connectivity index (χ0v) is 19.5. The van der Waals surface area contributed by atoms with Gasteiger partial charge in [-0.15, -0.1) is 11.3 Å². The van der Waals surface area contributed by atoms with Gasteiger partial charge in [-0.2, -0.15) is 0 Å². The third kappa shape index (κ3) is 4.57. The first-order chi connectivity index (χ1) is 16.5. The first kappa shape index (κ1) is 22.6. The number of ether oxygens (including phenoxy) is 2. The summed E-state index contributed by atoms with van der Waals surface area (Å²) in [4.78, 5) is 28.0. The fourth-order valence-electron chi connectivity index (χ4n) is 3.89. The molecule has 0 saturated heterocycles. The van der Waals surface area contributed by atoms with Gasteiger partial charge in [0.25, 0.3) is 0 Å². The van der Waals surface area contributed by atoms with Crippen LogP contribution in [0, 0.1) is 5.92 Å². The molecular formula is C25H20ClNO6S. The number of halogens is 1. The van der Waals surface area contributed by atoms with Crippen LogP contribution >= 0.6 is 22.9 Å². The SMILES string of the molecule is O=c1cc(-c2ccc(-c3nccs3)cc2OCCO[C@H]2C[C@H](C(=O)O)C2)oc2c(Cl)cccc12. The van der Waals surface area contributed by atoms with E-state index >= 15 is 0 Å². The fourth-order valence-corrected chi connectivity index (χ4v) is 4.74. The number of carboxylic acid groups (broad SMARTS) is 1. The van der Waals surface area contributed by atoms with Gasteiger partial charge in [0.05, 0.1) is 34.6 Å². The van der Waals surface area contributed by atoms with Gasteiger partial charge >= 0.3 is 5.97 Å². The second-order valence-electron chi connectivity index (χ2n) is 7.99. The molecule has 174 valence electrons. The van der Waals surface area contributed by atoms with E-state index in [0.29, 0.717) is 52.5 Å². The largest absolute Gasteiger partial charge is 0.490 e. The van der Waals surface area contributed by atoms with Crippen LogP contribution in [0.5, 0.6) is 5.75 Å². The van der Waals surface area contributed by atoms with Crippen LogP contribution in [0.1, 0.15) is 12.8 Å². The summed E-state index contributed by atoms with van der Waals surface area (Å²) in [6.45, 7) is 0.562. The summed E-state index contributed by atoms with van der Waals surface area (Å²) in [6.07, 6.45) is 2.70. The van der Waals surface area contributed by atoms with Crippen molar-refractivity contribution in [3.63, 3.8) is 0 Å². The van der Waals surface area contributed by atoms with Crippen LogP contribution in [0.25, 0.3) is 32.9 Å². The van der Waals surface area contributed by atoms with Gasteiger partial charge in [0.1, 0.15) is 23.1 Å². The summed E-state index contributed by atoms with van der Waals surface area (Å²) in [5.74, 6) is -0.245. The first-order valence-corrected chi connectivity index (χ1v) is 12.0. The monoisotopic (exact) mass is 497 g/mol. The standard InChI is InChI=1S/C25H20ClNO6S/c26-19-3-1-2-17-20(28)13-22(33-23(17)19)18-5-4-14(24-27-6-9-34-24)12-21(18)32-8-7-31-16-10-15(11-16)25(29)30/h1-6,9,12-13,15-16H,7-8,10-11H2,(H,29,30)/t15-,16-. The average molecular weight is 498 g/mol. The minimum atomic E-state index is -0.781. The molecule has 0 atom stereocenters. The zero-order chi connectivity index (χ0) is 23.7. The zero-order valence-electron chi connectivity index (χ0n) is 17.9. The lowest BCUT2D eigenvalue weighted by Gasteiger charge is -2.32. The van der Waals surface area contributed by atoms with E-state index in [9.17, 15) is 9.59 Å². The maximum Gasteiger partial charge on any atom is 0.306 e. The van der Waals surface area contributed by atoms with Gasteiger partial charge in [0, 0.05) is 23.2 Å². The van der Waals surface area contributed by atoms with Gasteiger partial charge in [-0.25, -0.2) is 4.98 Å². The maximum atomic E-state index is 12.7. The third-order valence-electron chi connectivity index (χ3n) is 5.77. The molecule has 7 nitrogen and oxygen atoms in total. The fraction of sp³-hybridized carbons (Fsp3) is 0.240. The van der Waals surface area contributed by atoms with Gasteiger partial charge in [-0.1, -0.05) is 23.7 Å². The normalized spacial score (nSPS) is 17.4. The molecule has 0 bridgehead atoms. The quantitative estimate of drug-likeness (QED) is 0.321. The van der Waals surface area contributed by atoms with Crippen LogP contribution < -0.4 is 10.2 Å². The number of carbonyl (C=O) groups is 1. The number of fused-ring (bicyclic) bond motifs is 1. The van der Waals surface area contributed by atoms with E-state index in [1.807, 2.05) is 23.6 Å². The van der Waals surface area contributed by atoms with Crippen LogP contribution in [0.15, 0.2) is 63.3 Å². The average Bonchev–Trinajstić information content (AvgIpc) is 3.33. The van der Waals surface area contributed by atoms with E-state index in [1.165, 1.54) is 17.4 Å². The van der Waals surface area contributed by atoms with Gasteiger partial charge in [-0.05, 0) is 37.1 Å². The highest BCUT2D eigenvalue weighted by atomic mass is 35.5. The predicted octanol–water partition coefficient (Wildman–Crippen LogP) is 5.50. The molecule has 5 rings (SSSR count). The minimum Gasteiger partial charge on any atom is -0.490 e. The molecule has 0 amide bonds. The molecule has 2 aromatic carbocycles. The Hall–Kier alpha value is -3.20. The van der Waals surface area contributed by atoms with Gasteiger partial charge in [0.15, 0.2) is 11.0 Å². The second kappa shape index (κ2) is 9.58. The summed E-state index contributed by atoms with van der Waals surface area (Å²) in [5, 5.41) is 12.5. The smallest absolute Gasteiger partial charge is 0.306 e. The molecule has 0 spiro atoms. The molecule has 1 saturated carbocycles. The molecule has 1 N–H and O–H groups in total. The Morgan fingerprint density at radius 2 is 2.06 bits per heavy atom. The lowest BCUT2D eigenvalue weighted by molar-refractivity contribution is -0.151. The van der Waals surface area contributed by atoms with Crippen molar-refractivity contribution in [3.8, 4) is 27.6 Å². The van der Waals surface area contributed by atoms with Crippen LogP contribution in [0.4, 0.5) is 0 Å². The Kier molecular flexibility index (Phi) is 6.36. The number of hydrogen-bond acceptors (Lipinski definition) is 7. The van der Waals surface area contributed by atoms with Crippen molar-refractivity contribution in [1.29, 1.82) is 0 Å². The number of rotatable bonds is 8. The molecular weight excluding hydrogens is 478 g/mol. The summed E-state index contributed by atoms with van der Waals surface area (Å²) < 4.78 is 17.8. The lowest BCUT2D eigenvalue weighted by Crippen LogP contribution is -2.37. The summed E-state index contributed by atoms with van der Waals surface area (Å²) in [6, 6.07) is 12.1. The summed E-state index contributed by atoms with van der Waals surface area (Å²) in [7, 11) is 0. The van der Waals surface area contributed by atoms with Crippen molar-refractivity contribution < 1.29 is 23.8 Å². The lowest BCUT2D eigenvalue weighted by atomic mass is 9.82. The summed E-state index contributed by atoms with van der Waals surface area (Å²) >= 11 is 7.79. The number of para-hydroxylation sites is 1. The Labute approximate surface area is 203 Å². The number of thiazole rings is 1. The number of hydrogen-bond donors (Lipinski definition) is 1. The van der Waals surface area contributed by atoms with Crippen LogP contribution in [0.3, 0.4) is 0 Å². The Morgan fingerprint density at radius 1 is 1.21 bits per heavy atom. The Bertz CT molecular complexity index is 1390. The van der Waals surface area contributed by atoms with E-state index in [0.717, 1.165) is 10.6 Å². The van der Waals surface area contributed by atoms with Crippen molar-refractivity contribution >= 4 is 39.9 Å². The van der Waals surface area contributed by atoms with Crippen molar-refractivity contribution in [2.24, 2.45) is 5.92 Å². The van der Waals surface area contributed by atoms with Crippen LogP contribution in [0.2, 0.25) is 5.02 Å². The van der Waals surface area contributed by atoms with E-state index in [4.69, 9.17) is 30.6 Å². The molecule has 4 aromatic rings. The highest BCUT2D eigenvalue weighted by Gasteiger charge is 2.35. The number of nitrogens with zero attached hydrogens (tertiary/aromatic N) is 1. The highest BCUT2D eigenvalue weighted by molar-refractivity contribution is 7.13. The topological polar surface area (TPSA) is 98.9 Å². The van der Waals surface area contributed by atoms with Crippen molar-refractivity contribution in [3.05, 3.63) is 69.3 Å². The molecule has 1 aliphatic carbocycles. The molecule has 0 aliphatic heterocycles.